The van der Waals surface area contributed by atoms with E-state index in [1.54, 1.807) is 0 Å². The summed E-state index contributed by atoms with van der Waals surface area (Å²) >= 11 is 0. The molecule has 0 saturated carbocycles. The minimum atomic E-state index is -0.208. The van der Waals surface area contributed by atoms with Crippen LogP contribution in [0.5, 0.6) is 0 Å². The van der Waals surface area contributed by atoms with Gasteiger partial charge in [0.25, 0.3) is 0 Å². The first-order valence-corrected chi connectivity index (χ1v) is 6.85. The highest BCUT2D eigenvalue weighted by Crippen LogP contribution is 2.18. The van der Waals surface area contributed by atoms with E-state index in [0.29, 0.717) is 0 Å². The first-order valence-electron chi connectivity index (χ1n) is 3.99. The standard InChI is InChI=1S/C7H15NSi2/c1-7-4-3-5-8(7)10(2)6-9/h7H,3-6H2,1-2H3. The average molecular weight is 169 g/mol. The summed E-state index contributed by atoms with van der Waals surface area (Å²) < 4.78 is 2.68. The van der Waals surface area contributed by atoms with Gasteiger partial charge in [-0.3, -0.25) is 0 Å². The van der Waals surface area contributed by atoms with Crippen molar-refractivity contribution in [1.29, 1.82) is 0 Å². The summed E-state index contributed by atoms with van der Waals surface area (Å²) in [5, 5.41) is 0. The molecule has 0 aromatic carbocycles. The molecular weight excluding hydrogens is 154 g/mol. The van der Waals surface area contributed by atoms with Crippen LogP contribution in [-0.4, -0.2) is 36.4 Å². The number of nitrogens with zero attached hydrogens (tertiary/aromatic N) is 1. The van der Waals surface area contributed by atoms with Crippen molar-refractivity contribution in [2.45, 2.75) is 38.0 Å². The molecule has 1 nitrogen and oxygen atoms in total. The molecule has 1 saturated heterocycles. The van der Waals surface area contributed by atoms with Crippen molar-refractivity contribution in [3.8, 4) is 0 Å². The van der Waals surface area contributed by atoms with E-state index in [4.69, 9.17) is 0 Å². The maximum absolute atomic E-state index is 3.60. The van der Waals surface area contributed by atoms with Crippen molar-refractivity contribution in [1.82, 2.24) is 4.57 Å². The zero-order valence-corrected chi connectivity index (χ0v) is 8.85. The van der Waals surface area contributed by atoms with Gasteiger partial charge in [0, 0.05) is 16.3 Å². The lowest BCUT2D eigenvalue weighted by molar-refractivity contribution is 0.430. The van der Waals surface area contributed by atoms with Crippen molar-refractivity contribution < 1.29 is 0 Å². The SMILES string of the molecule is CC1CCCN1[Si](C)C[Si]. The van der Waals surface area contributed by atoms with Gasteiger partial charge in [-0.25, -0.2) is 0 Å². The molecule has 1 fully saturated rings. The van der Waals surface area contributed by atoms with Crippen molar-refractivity contribution >= 4 is 19.2 Å². The molecule has 0 bridgehead atoms. The fourth-order valence-corrected chi connectivity index (χ4v) is 3.84. The van der Waals surface area contributed by atoms with E-state index in [9.17, 15) is 0 Å². The summed E-state index contributed by atoms with van der Waals surface area (Å²) in [4.78, 5) is 0. The maximum Gasteiger partial charge on any atom is 0.129 e. The van der Waals surface area contributed by atoms with Crippen LogP contribution in [-0.2, 0) is 0 Å². The Morgan fingerprint density at radius 2 is 2.40 bits per heavy atom. The number of hydrogen-bond donors (Lipinski definition) is 0. The fourth-order valence-electron chi connectivity index (χ4n) is 1.60. The van der Waals surface area contributed by atoms with Crippen LogP contribution in [0.15, 0.2) is 0 Å². The van der Waals surface area contributed by atoms with Crippen LogP contribution in [0.25, 0.3) is 0 Å². The maximum atomic E-state index is 3.60. The van der Waals surface area contributed by atoms with Gasteiger partial charge in [-0.15, -0.1) is 0 Å². The molecule has 0 aromatic rings. The lowest BCUT2D eigenvalue weighted by Crippen LogP contribution is -2.39. The molecule has 1 unspecified atom stereocenters. The minimum Gasteiger partial charge on any atom is -0.322 e. The molecule has 1 aliphatic heterocycles. The highest BCUT2D eigenvalue weighted by atomic mass is 28.3. The van der Waals surface area contributed by atoms with Crippen molar-refractivity contribution in [2.75, 3.05) is 6.54 Å². The highest BCUT2D eigenvalue weighted by Gasteiger charge is 2.24. The molecule has 1 atom stereocenters. The summed E-state index contributed by atoms with van der Waals surface area (Å²) in [5.41, 5.74) is 1.20. The molecule has 0 N–H and O–H groups in total. The van der Waals surface area contributed by atoms with E-state index in [1.165, 1.54) is 25.1 Å². The van der Waals surface area contributed by atoms with Crippen LogP contribution < -0.4 is 0 Å². The number of rotatable bonds is 2. The van der Waals surface area contributed by atoms with E-state index < -0.39 is 0 Å². The molecule has 3 heteroatoms. The van der Waals surface area contributed by atoms with Crippen molar-refractivity contribution in [2.24, 2.45) is 0 Å². The van der Waals surface area contributed by atoms with E-state index in [2.05, 4.69) is 28.3 Å². The molecule has 1 heterocycles. The Labute approximate surface area is 68.9 Å². The van der Waals surface area contributed by atoms with E-state index in [1.807, 2.05) is 0 Å². The fraction of sp³-hybridized carbons (Fsp3) is 1.00. The van der Waals surface area contributed by atoms with Gasteiger partial charge in [0.05, 0.1) is 0 Å². The minimum absolute atomic E-state index is 0.208. The second-order valence-corrected chi connectivity index (χ2v) is 6.56. The van der Waals surface area contributed by atoms with Crippen LogP contribution in [0.1, 0.15) is 19.8 Å². The monoisotopic (exact) mass is 169 g/mol. The molecule has 0 amide bonds. The van der Waals surface area contributed by atoms with Crippen molar-refractivity contribution in [3.05, 3.63) is 0 Å². The topological polar surface area (TPSA) is 3.24 Å². The third-order valence-corrected chi connectivity index (χ3v) is 5.99. The molecule has 10 heavy (non-hydrogen) atoms. The Hall–Kier alpha value is 0.394. The van der Waals surface area contributed by atoms with Crippen LogP contribution in [0.2, 0.25) is 12.2 Å². The van der Waals surface area contributed by atoms with Gasteiger partial charge >= 0.3 is 0 Å². The van der Waals surface area contributed by atoms with Crippen LogP contribution in [0.4, 0.5) is 0 Å². The van der Waals surface area contributed by atoms with Crippen LogP contribution in [0.3, 0.4) is 0 Å². The Bertz CT molecular complexity index is 108. The van der Waals surface area contributed by atoms with Gasteiger partial charge in [0.15, 0.2) is 0 Å². The lowest BCUT2D eigenvalue weighted by atomic mass is 10.3. The zero-order chi connectivity index (χ0) is 7.56. The average Bonchev–Trinajstić information content (AvgIpc) is 2.34. The Morgan fingerprint density at radius 1 is 1.70 bits per heavy atom. The molecule has 1 rings (SSSR count). The third kappa shape index (κ3) is 1.71. The molecule has 56 valence electrons. The van der Waals surface area contributed by atoms with E-state index in [-0.39, 0.29) is 8.96 Å². The lowest BCUT2D eigenvalue weighted by Gasteiger charge is -2.25. The molecule has 0 aliphatic carbocycles. The van der Waals surface area contributed by atoms with E-state index >= 15 is 0 Å². The molecule has 0 aromatic heterocycles. The smallest absolute Gasteiger partial charge is 0.129 e. The summed E-state index contributed by atoms with van der Waals surface area (Å²) in [6, 6.07) is 0.857. The van der Waals surface area contributed by atoms with Crippen LogP contribution >= 0.6 is 0 Å². The molecular formula is C7H15NSi2. The summed E-state index contributed by atoms with van der Waals surface area (Å²) in [5.74, 6) is 0. The predicted molar refractivity (Wildman–Crippen MR) is 47.6 cm³/mol. The summed E-state index contributed by atoms with van der Waals surface area (Å²) in [6.45, 7) is 6.08. The first-order chi connectivity index (χ1) is 4.75. The van der Waals surface area contributed by atoms with Gasteiger partial charge in [0.1, 0.15) is 8.96 Å². The quantitative estimate of drug-likeness (QED) is 0.562. The van der Waals surface area contributed by atoms with E-state index in [0.717, 1.165) is 6.04 Å². The summed E-state index contributed by atoms with van der Waals surface area (Å²) in [6.07, 6.45) is 2.82. The van der Waals surface area contributed by atoms with Gasteiger partial charge in [-0.2, -0.15) is 0 Å². The Kier molecular flexibility index (Phi) is 3.13. The Balaban J connectivity index is 2.38. The predicted octanol–water partition coefficient (Wildman–Crippen LogP) is 1.22. The van der Waals surface area contributed by atoms with Gasteiger partial charge in [0.2, 0.25) is 0 Å². The highest BCUT2D eigenvalue weighted by molar-refractivity contribution is 6.61. The molecule has 4 radical (unpaired) electrons. The molecule has 0 spiro atoms. The van der Waals surface area contributed by atoms with Gasteiger partial charge in [-0.1, -0.05) is 19.1 Å². The molecule has 1 aliphatic rings. The Morgan fingerprint density at radius 3 is 2.80 bits per heavy atom. The largest absolute Gasteiger partial charge is 0.322 e. The number of hydrogen-bond acceptors (Lipinski definition) is 1. The van der Waals surface area contributed by atoms with Gasteiger partial charge in [-0.05, 0) is 19.4 Å². The second kappa shape index (κ2) is 3.69. The normalized spacial score (nSPS) is 28.2. The zero-order valence-electron chi connectivity index (χ0n) is 6.85. The second-order valence-electron chi connectivity index (χ2n) is 3.10. The van der Waals surface area contributed by atoms with Crippen molar-refractivity contribution in [3.63, 3.8) is 0 Å². The first kappa shape index (κ1) is 8.49. The van der Waals surface area contributed by atoms with Gasteiger partial charge < -0.3 is 4.57 Å². The third-order valence-electron chi connectivity index (χ3n) is 2.30. The summed E-state index contributed by atoms with van der Waals surface area (Å²) in [7, 11) is 3.39. The van der Waals surface area contributed by atoms with Crippen LogP contribution in [0, 0.1) is 0 Å².